The molecule has 9 nitrogen and oxygen atoms in total. The summed E-state index contributed by atoms with van der Waals surface area (Å²) in [5, 5.41) is 16.8. The van der Waals surface area contributed by atoms with Crippen molar-refractivity contribution in [2.24, 2.45) is 9.98 Å². The Morgan fingerprint density at radius 1 is 0.969 bits per heavy atom. The molecular weight excluding hydrogens is 408 g/mol. The molecular formula is C23H18N6O3. The van der Waals surface area contributed by atoms with Gasteiger partial charge in [-0.25, -0.2) is 14.8 Å². The number of benzene rings is 3. The van der Waals surface area contributed by atoms with Crippen LogP contribution in [-0.2, 0) is 0 Å². The Kier molecular flexibility index (Phi) is 5.98. The van der Waals surface area contributed by atoms with E-state index >= 15 is 0 Å². The van der Waals surface area contributed by atoms with Crippen molar-refractivity contribution in [1.29, 1.82) is 0 Å². The maximum atomic E-state index is 12.9. The van der Waals surface area contributed by atoms with Crippen molar-refractivity contribution in [3.8, 4) is 0 Å². The maximum absolute atomic E-state index is 12.9. The molecule has 2 amide bonds. The second-order valence-electron chi connectivity index (χ2n) is 6.62. The van der Waals surface area contributed by atoms with Gasteiger partial charge in [0.05, 0.1) is 23.3 Å². The van der Waals surface area contributed by atoms with Gasteiger partial charge in [-0.1, -0.05) is 36.4 Å². The average molecular weight is 426 g/mol. The molecule has 3 aromatic carbocycles. The first kappa shape index (κ1) is 20.5. The number of amides is 2. The van der Waals surface area contributed by atoms with Crippen LogP contribution >= 0.6 is 0 Å². The molecule has 0 spiro atoms. The summed E-state index contributed by atoms with van der Waals surface area (Å²) in [6.07, 6.45) is 2.75. The number of aliphatic imine (C=N–C) groups is 2. The molecule has 0 fully saturated rings. The summed E-state index contributed by atoms with van der Waals surface area (Å²) in [5.41, 5.74) is 2.29. The monoisotopic (exact) mass is 426 g/mol. The number of anilines is 2. The van der Waals surface area contributed by atoms with Gasteiger partial charge in [0.2, 0.25) is 0 Å². The average Bonchev–Trinajstić information content (AvgIpc) is 2.99. The third kappa shape index (κ3) is 4.51. The molecule has 2 N–H and O–H groups in total. The van der Waals surface area contributed by atoms with Gasteiger partial charge in [0, 0.05) is 23.4 Å². The molecule has 0 aliphatic carbocycles. The van der Waals surface area contributed by atoms with Crippen LogP contribution in [0.25, 0.3) is 5.70 Å². The fourth-order valence-corrected chi connectivity index (χ4v) is 3.10. The minimum atomic E-state index is -0.478. The Hall–Kier alpha value is -4.79. The van der Waals surface area contributed by atoms with Crippen LogP contribution in [0.5, 0.6) is 0 Å². The highest BCUT2D eigenvalue weighted by atomic mass is 16.6. The van der Waals surface area contributed by atoms with E-state index in [2.05, 4.69) is 20.6 Å². The number of rotatable bonds is 6. The van der Waals surface area contributed by atoms with Crippen LogP contribution in [0.3, 0.4) is 0 Å². The van der Waals surface area contributed by atoms with Gasteiger partial charge in [-0.15, -0.1) is 0 Å². The summed E-state index contributed by atoms with van der Waals surface area (Å²) in [6.45, 7) is 0. The number of carbonyl (C=O) groups is 1. The first-order valence-corrected chi connectivity index (χ1v) is 9.65. The van der Waals surface area contributed by atoms with E-state index in [1.807, 2.05) is 48.5 Å². The Balaban J connectivity index is 1.82. The molecule has 9 heteroatoms. The van der Waals surface area contributed by atoms with Crippen LogP contribution in [0.4, 0.5) is 21.9 Å². The first-order valence-electron chi connectivity index (χ1n) is 9.65. The van der Waals surface area contributed by atoms with Crippen molar-refractivity contribution in [3.05, 3.63) is 106 Å². The van der Waals surface area contributed by atoms with Crippen LogP contribution in [0.2, 0.25) is 0 Å². The first-order chi connectivity index (χ1) is 15.6. The predicted octanol–water partition coefficient (Wildman–Crippen LogP) is 4.62. The molecule has 0 atom stereocenters. The van der Waals surface area contributed by atoms with E-state index in [1.165, 1.54) is 29.7 Å². The molecule has 32 heavy (non-hydrogen) atoms. The minimum Gasteiger partial charge on any atom is -0.346 e. The number of hydrogen-bond donors (Lipinski definition) is 2. The molecule has 0 unspecified atom stereocenters. The summed E-state index contributed by atoms with van der Waals surface area (Å²) in [4.78, 5) is 33.7. The van der Waals surface area contributed by atoms with Gasteiger partial charge >= 0.3 is 6.03 Å². The highest BCUT2D eigenvalue weighted by Crippen LogP contribution is 2.32. The quantitative estimate of drug-likeness (QED) is 0.259. The number of nitrogens with zero attached hydrogens (tertiary/aromatic N) is 4. The molecule has 0 saturated heterocycles. The third-order valence-electron chi connectivity index (χ3n) is 4.57. The smallest absolute Gasteiger partial charge is 0.331 e. The van der Waals surface area contributed by atoms with Gasteiger partial charge in [0.25, 0.3) is 5.69 Å². The molecule has 1 heterocycles. The molecule has 0 bridgehead atoms. The lowest BCUT2D eigenvalue weighted by Crippen LogP contribution is -2.37. The topological polar surface area (TPSA) is 112 Å². The second-order valence-corrected chi connectivity index (χ2v) is 6.62. The predicted molar refractivity (Wildman–Crippen MR) is 125 cm³/mol. The number of urea groups is 1. The zero-order valence-corrected chi connectivity index (χ0v) is 16.8. The summed E-state index contributed by atoms with van der Waals surface area (Å²) in [6, 6.07) is 23.9. The zero-order chi connectivity index (χ0) is 22.3. The molecule has 1 aliphatic rings. The highest BCUT2D eigenvalue weighted by Gasteiger charge is 2.27. The Morgan fingerprint density at radius 2 is 1.62 bits per heavy atom. The van der Waals surface area contributed by atoms with E-state index in [9.17, 15) is 14.9 Å². The summed E-state index contributed by atoms with van der Waals surface area (Å²) < 4.78 is 0. The number of nitrogens with one attached hydrogen (secondary N) is 2. The van der Waals surface area contributed by atoms with Gasteiger partial charge in [0.1, 0.15) is 5.70 Å². The Labute approximate surface area is 183 Å². The Morgan fingerprint density at radius 3 is 2.28 bits per heavy atom. The van der Waals surface area contributed by atoms with Gasteiger partial charge < -0.3 is 5.32 Å². The lowest BCUT2D eigenvalue weighted by Gasteiger charge is -2.24. The summed E-state index contributed by atoms with van der Waals surface area (Å²) in [7, 11) is 0. The van der Waals surface area contributed by atoms with E-state index in [-0.39, 0.29) is 11.5 Å². The molecule has 0 saturated carbocycles. The van der Waals surface area contributed by atoms with Crippen molar-refractivity contribution >= 4 is 41.5 Å². The van der Waals surface area contributed by atoms with E-state index in [4.69, 9.17) is 0 Å². The normalized spacial score (nSPS) is 13.8. The number of nitro benzene ring substituents is 1. The highest BCUT2D eigenvalue weighted by molar-refractivity contribution is 6.10. The fourth-order valence-electron chi connectivity index (χ4n) is 3.10. The number of non-ortho nitro benzene ring substituents is 1. The van der Waals surface area contributed by atoms with Gasteiger partial charge in [-0.05, 0) is 36.4 Å². The van der Waals surface area contributed by atoms with Gasteiger partial charge in [-0.3, -0.25) is 20.3 Å². The molecule has 0 radical (unpaired) electrons. The van der Waals surface area contributed by atoms with Crippen LogP contribution in [-0.4, -0.2) is 23.6 Å². The molecule has 1 aliphatic heterocycles. The molecule has 4 rings (SSSR count). The molecule has 3 aromatic rings. The second kappa shape index (κ2) is 9.35. The zero-order valence-electron chi connectivity index (χ0n) is 16.8. The maximum Gasteiger partial charge on any atom is 0.331 e. The van der Waals surface area contributed by atoms with Crippen LogP contribution in [0, 0.1) is 10.1 Å². The number of carbonyl (C=O) groups excluding carboxylic acids is 1. The third-order valence-corrected chi connectivity index (χ3v) is 4.57. The Bertz CT molecular complexity index is 1210. The standard InChI is InChI=1S/C23H18N6O3/c30-23-27-16-26-22(25-15-24-18-7-3-1-4-8-18)21(28(23)19-9-5-2-6-10-19)17-11-13-20(14-12-17)29(31)32/h1-16H,(H,24,25)(H,26,27,30). The van der Waals surface area contributed by atoms with E-state index in [0.29, 0.717) is 16.9 Å². The minimum absolute atomic E-state index is 0.0574. The number of nitro groups is 1. The van der Waals surface area contributed by atoms with Gasteiger partial charge in [-0.2, -0.15) is 0 Å². The number of hydrogen-bond acceptors (Lipinski definition) is 5. The van der Waals surface area contributed by atoms with E-state index in [1.54, 1.807) is 24.3 Å². The lowest BCUT2D eigenvalue weighted by atomic mass is 10.1. The largest absolute Gasteiger partial charge is 0.346 e. The van der Waals surface area contributed by atoms with E-state index < -0.39 is 11.0 Å². The van der Waals surface area contributed by atoms with Crippen molar-refractivity contribution in [3.63, 3.8) is 0 Å². The summed E-state index contributed by atoms with van der Waals surface area (Å²) in [5.74, 6) is 0.240. The van der Waals surface area contributed by atoms with Crippen LogP contribution < -0.4 is 15.5 Å². The van der Waals surface area contributed by atoms with Crippen molar-refractivity contribution < 1.29 is 9.72 Å². The molecule has 158 valence electrons. The lowest BCUT2D eigenvalue weighted by molar-refractivity contribution is -0.384. The van der Waals surface area contributed by atoms with Crippen molar-refractivity contribution in [2.75, 3.05) is 10.2 Å². The molecule has 0 aromatic heterocycles. The van der Waals surface area contributed by atoms with Crippen molar-refractivity contribution in [2.45, 2.75) is 0 Å². The van der Waals surface area contributed by atoms with Crippen LogP contribution in [0.1, 0.15) is 5.56 Å². The van der Waals surface area contributed by atoms with Crippen LogP contribution in [0.15, 0.2) is 101 Å². The summed E-state index contributed by atoms with van der Waals surface area (Å²) >= 11 is 0. The van der Waals surface area contributed by atoms with E-state index in [0.717, 1.165) is 5.69 Å². The number of para-hydroxylation sites is 2. The van der Waals surface area contributed by atoms with Crippen molar-refractivity contribution in [1.82, 2.24) is 5.32 Å². The SMILES string of the molecule is O=C1NC=NC(N=CNc2ccccc2)=C(c2ccc([N+](=O)[O-])cc2)N1c1ccccc1. The fraction of sp³-hybridized carbons (Fsp3) is 0. The van der Waals surface area contributed by atoms with Gasteiger partial charge in [0.15, 0.2) is 5.82 Å².